The van der Waals surface area contributed by atoms with Gasteiger partial charge in [0.1, 0.15) is 4.87 Å². The first kappa shape index (κ1) is 21.2. The number of anilines is 1. The second-order valence-corrected chi connectivity index (χ2v) is 10.0. The van der Waals surface area contributed by atoms with E-state index in [1.165, 1.54) is 4.90 Å². The van der Waals surface area contributed by atoms with Crippen LogP contribution in [0.4, 0.5) is 17.1 Å². The van der Waals surface area contributed by atoms with E-state index in [2.05, 4.69) is 10.2 Å². The first-order valence-electron chi connectivity index (χ1n) is 11.9. The molecule has 0 radical (unpaired) electrons. The van der Waals surface area contributed by atoms with Gasteiger partial charge in [-0.15, -0.1) is 11.6 Å². The number of rotatable bonds is 3. The number of alkyl halides is 1. The molecule has 1 heterocycles. The minimum absolute atomic E-state index is 0.205. The summed E-state index contributed by atoms with van der Waals surface area (Å²) in [6, 6.07) is 32.4. The second-order valence-electron chi connectivity index (χ2n) is 9.43. The first-order valence-corrected chi connectivity index (χ1v) is 12.3. The van der Waals surface area contributed by atoms with Crippen LogP contribution in [-0.2, 0) is 14.5 Å². The highest BCUT2D eigenvalue weighted by Gasteiger charge is 2.67. The van der Waals surface area contributed by atoms with Gasteiger partial charge in [-0.05, 0) is 58.7 Å². The van der Waals surface area contributed by atoms with Gasteiger partial charge < -0.3 is 0 Å². The summed E-state index contributed by atoms with van der Waals surface area (Å²) in [6.07, 6.45) is 0. The molecule has 0 aromatic heterocycles. The molecule has 6 heteroatoms. The van der Waals surface area contributed by atoms with Crippen molar-refractivity contribution in [2.45, 2.75) is 10.8 Å². The number of hydrogen-bond donors (Lipinski definition) is 0. The highest BCUT2D eigenvalue weighted by atomic mass is 35.5. The van der Waals surface area contributed by atoms with E-state index in [0.29, 0.717) is 11.4 Å². The van der Waals surface area contributed by atoms with Gasteiger partial charge in [-0.25, -0.2) is 4.90 Å². The zero-order valence-corrected chi connectivity index (χ0v) is 19.8. The largest absolute Gasteiger partial charge is 0.274 e. The number of amides is 2. The SMILES string of the molecule is O=C1[C@@H]2C3c4ccccc4C(Cl)(c4ccccc43)[C@@H]2C(=O)N1c1ccc(N=Nc2ccccc2)cc1. The van der Waals surface area contributed by atoms with Crippen LogP contribution in [0.15, 0.2) is 113 Å². The Kier molecular flexibility index (Phi) is 4.54. The van der Waals surface area contributed by atoms with Crippen molar-refractivity contribution in [2.24, 2.45) is 22.1 Å². The van der Waals surface area contributed by atoms with Crippen LogP contribution < -0.4 is 4.90 Å². The maximum absolute atomic E-state index is 13.9. The molecule has 0 N–H and O–H groups in total. The molecule has 0 saturated carbocycles. The first-order chi connectivity index (χ1) is 17.6. The van der Waals surface area contributed by atoms with Gasteiger partial charge in [0.15, 0.2) is 0 Å². The third-order valence-electron chi connectivity index (χ3n) is 7.66. The lowest BCUT2D eigenvalue weighted by atomic mass is 9.54. The van der Waals surface area contributed by atoms with Gasteiger partial charge in [-0.1, -0.05) is 66.7 Å². The van der Waals surface area contributed by atoms with Crippen LogP contribution in [0.5, 0.6) is 0 Å². The van der Waals surface area contributed by atoms with Crippen LogP contribution in [0.2, 0.25) is 0 Å². The summed E-state index contributed by atoms with van der Waals surface area (Å²) in [5, 5.41) is 8.51. The van der Waals surface area contributed by atoms with Crippen molar-refractivity contribution in [1.29, 1.82) is 0 Å². The summed E-state index contributed by atoms with van der Waals surface area (Å²) in [5.41, 5.74) is 5.82. The fourth-order valence-corrected chi connectivity index (χ4v) is 6.79. The van der Waals surface area contributed by atoms with Crippen molar-refractivity contribution in [3.63, 3.8) is 0 Å². The molecule has 8 rings (SSSR count). The monoisotopic (exact) mass is 489 g/mol. The van der Waals surface area contributed by atoms with E-state index in [9.17, 15) is 9.59 Å². The van der Waals surface area contributed by atoms with Crippen LogP contribution in [-0.4, -0.2) is 11.8 Å². The molecule has 4 aliphatic rings. The van der Waals surface area contributed by atoms with E-state index in [1.54, 1.807) is 24.3 Å². The van der Waals surface area contributed by atoms with Crippen LogP contribution >= 0.6 is 11.6 Å². The molecule has 174 valence electrons. The number of halogens is 1. The Bertz CT molecular complexity index is 1520. The molecule has 2 atom stereocenters. The number of carbonyl (C=O) groups is 2. The molecule has 5 nitrogen and oxygen atoms in total. The molecular formula is C30H20ClN3O2. The third-order valence-corrected chi connectivity index (χ3v) is 8.30. The average Bonchev–Trinajstić information content (AvgIpc) is 3.20. The van der Waals surface area contributed by atoms with E-state index in [-0.39, 0.29) is 17.7 Å². The quantitative estimate of drug-likeness (QED) is 0.179. The van der Waals surface area contributed by atoms with Crippen molar-refractivity contribution in [3.05, 3.63) is 125 Å². The summed E-state index contributed by atoms with van der Waals surface area (Å²) >= 11 is 7.47. The minimum atomic E-state index is -1.09. The Morgan fingerprint density at radius 1 is 0.639 bits per heavy atom. The van der Waals surface area contributed by atoms with Gasteiger partial charge in [0.05, 0.1) is 28.9 Å². The fraction of sp³-hybridized carbons (Fsp3) is 0.133. The Labute approximate surface area is 213 Å². The van der Waals surface area contributed by atoms with Crippen LogP contribution in [0, 0.1) is 11.8 Å². The van der Waals surface area contributed by atoms with Crippen molar-refractivity contribution in [2.75, 3.05) is 4.90 Å². The number of hydrogen-bond acceptors (Lipinski definition) is 4. The molecule has 4 aromatic rings. The van der Waals surface area contributed by atoms with E-state index >= 15 is 0 Å². The lowest BCUT2D eigenvalue weighted by molar-refractivity contribution is -0.122. The normalized spacial score (nSPS) is 25.7. The number of nitrogens with zero attached hydrogens (tertiary/aromatic N) is 3. The number of azo groups is 1. The minimum Gasteiger partial charge on any atom is -0.274 e. The highest BCUT2D eigenvalue weighted by molar-refractivity contribution is 6.33. The third kappa shape index (κ3) is 2.78. The van der Waals surface area contributed by atoms with E-state index in [0.717, 1.165) is 27.9 Å². The molecule has 2 bridgehead atoms. The molecule has 3 aliphatic carbocycles. The lowest BCUT2D eigenvalue weighted by Crippen LogP contribution is -2.50. The summed E-state index contributed by atoms with van der Waals surface area (Å²) in [7, 11) is 0. The second kappa shape index (κ2) is 7.70. The van der Waals surface area contributed by atoms with Gasteiger partial charge >= 0.3 is 0 Å². The fourth-order valence-electron chi connectivity index (χ4n) is 6.21. The lowest BCUT2D eigenvalue weighted by Gasteiger charge is -2.50. The van der Waals surface area contributed by atoms with Gasteiger partial charge in [0.25, 0.3) is 0 Å². The summed E-state index contributed by atoms with van der Waals surface area (Å²) in [5.74, 6) is -1.88. The Morgan fingerprint density at radius 3 is 1.78 bits per heavy atom. The van der Waals surface area contributed by atoms with Crippen molar-refractivity contribution in [1.82, 2.24) is 0 Å². The summed E-state index contributed by atoms with van der Waals surface area (Å²) in [6.45, 7) is 0. The molecular weight excluding hydrogens is 470 g/mol. The standard InChI is InChI=1S/C30H20ClN3O2/c31-30-23-12-6-4-10-21(23)25(22-11-5-7-13-24(22)30)26-27(30)29(36)34(28(26)35)20-16-14-19(15-17-20)33-32-18-8-2-1-3-9-18/h1-17,25-27H/t25?,26-,27+,30?/m1/s1. The average molecular weight is 490 g/mol. The summed E-state index contributed by atoms with van der Waals surface area (Å²) < 4.78 is 0. The van der Waals surface area contributed by atoms with E-state index in [4.69, 9.17) is 11.6 Å². The predicted molar refractivity (Wildman–Crippen MR) is 138 cm³/mol. The molecule has 1 aliphatic heterocycles. The smallest absolute Gasteiger partial charge is 0.240 e. The predicted octanol–water partition coefficient (Wildman–Crippen LogP) is 6.85. The zero-order valence-electron chi connectivity index (χ0n) is 19.1. The maximum Gasteiger partial charge on any atom is 0.240 e. The van der Waals surface area contributed by atoms with Crippen molar-refractivity contribution >= 4 is 40.5 Å². The Morgan fingerprint density at radius 2 is 1.17 bits per heavy atom. The molecule has 2 amide bonds. The molecule has 4 aromatic carbocycles. The molecule has 0 spiro atoms. The van der Waals surface area contributed by atoms with Crippen LogP contribution in [0.25, 0.3) is 0 Å². The van der Waals surface area contributed by atoms with Gasteiger partial charge in [0, 0.05) is 5.92 Å². The Hall–Kier alpha value is -4.09. The van der Waals surface area contributed by atoms with Gasteiger partial charge in [-0.3, -0.25) is 9.59 Å². The zero-order chi connectivity index (χ0) is 24.4. The van der Waals surface area contributed by atoms with Gasteiger partial charge in [0.2, 0.25) is 11.8 Å². The van der Waals surface area contributed by atoms with Crippen LogP contribution in [0.3, 0.4) is 0 Å². The highest BCUT2D eigenvalue weighted by Crippen LogP contribution is 2.65. The topological polar surface area (TPSA) is 62.1 Å². The number of imide groups is 1. The summed E-state index contributed by atoms with van der Waals surface area (Å²) in [4.78, 5) is 28.1. The van der Waals surface area contributed by atoms with Crippen molar-refractivity contribution in [3.8, 4) is 0 Å². The van der Waals surface area contributed by atoms with E-state index < -0.39 is 16.7 Å². The molecule has 1 fully saturated rings. The molecule has 0 unspecified atom stereocenters. The van der Waals surface area contributed by atoms with E-state index in [1.807, 2.05) is 78.9 Å². The maximum atomic E-state index is 13.9. The number of benzene rings is 4. The number of carbonyl (C=O) groups excluding carboxylic acids is 2. The van der Waals surface area contributed by atoms with Gasteiger partial charge in [-0.2, -0.15) is 10.2 Å². The molecule has 36 heavy (non-hydrogen) atoms. The molecule has 1 saturated heterocycles. The Balaban J connectivity index is 1.28. The van der Waals surface area contributed by atoms with Crippen LogP contribution in [0.1, 0.15) is 28.2 Å². The van der Waals surface area contributed by atoms with Crippen molar-refractivity contribution < 1.29 is 9.59 Å².